The minimum absolute atomic E-state index is 0.0665. The van der Waals surface area contributed by atoms with E-state index in [2.05, 4.69) is 10.3 Å². The third-order valence-corrected chi connectivity index (χ3v) is 6.73. The highest BCUT2D eigenvalue weighted by molar-refractivity contribution is 6.12. The normalized spacial score (nSPS) is 18.1. The van der Waals surface area contributed by atoms with Crippen LogP contribution in [0.4, 0.5) is 5.95 Å². The summed E-state index contributed by atoms with van der Waals surface area (Å²) < 4.78 is 8.08. The summed E-state index contributed by atoms with van der Waals surface area (Å²) in [4.78, 5) is 35.2. The lowest BCUT2D eigenvalue weighted by Crippen LogP contribution is -2.18. The van der Waals surface area contributed by atoms with Crippen LogP contribution in [-0.4, -0.2) is 39.6 Å². The van der Waals surface area contributed by atoms with Crippen molar-refractivity contribution in [1.82, 2.24) is 9.55 Å². The molecule has 0 saturated heterocycles. The molecule has 2 aliphatic rings. The van der Waals surface area contributed by atoms with Crippen molar-refractivity contribution in [3.05, 3.63) is 102 Å². The van der Waals surface area contributed by atoms with Gasteiger partial charge in [-0.3, -0.25) is 19.9 Å². The molecule has 0 fully saturated rings. The molecule has 1 N–H and O–H groups in total. The maximum Gasteiger partial charge on any atom is 0.257 e. The number of aromatic nitrogens is 2. The second kappa shape index (κ2) is 9.85. The number of fused-ring (bicyclic) bond motifs is 9. The van der Waals surface area contributed by atoms with E-state index < -0.39 is 0 Å². The summed E-state index contributed by atoms with van der Waals surface area (Å²) in [5.41, 5.74) is 5.01. The van der Waals surface area contributed by atoms with E-state index in [-0.39, 0.29) is 17.7 Å². The van der Waals surface area contributed by atoms with Gasteiger partial charge in [0, 0.05) is 17.5 Å². The first-order valence-corrected chi connectivity index (χ1v) is 12.5. The molecule has 6 bridgehead atoms. The van der Waals surface area contributed by atoms with Gasteiger partial charge in [0.25, 0.3) is 5.91 Å². The first-order valence-electron chi connectivity index (χ1n) is 12.5. The zero-order valence-electron chi connectivity index (χ0n) is 20.3. The van der Waals surface area contributed by atoms with Gasteiger partial charge in [-0.2, -0.15) is 0 Å². The van der Waals surface area contributed by atoms with E-state index in [4.69, 9.17) is 9.73 Å². The minimum atomic E-state index is -0.220. The van der Waals surface area contributed by atoms with Crippen LogP contribution in [0.2, 0.25) is 0 Å². The quantitative estimate of drug-likeness (QED) is 0.376. The number of ketones is 1. The molecule has 1 unspecified atom stereocenters. The number of rotatable bonds is 0. The Morgan fingerprint density at radius 1 is 0.919 bits per heavy atom. The van der Waals surface area contributed by atoms with Crippen LogP contribution in [-0.2, 0) is 17.8 Å². The first-order chi connectivity index (χ1) is 18.1. The third kappa shape index (κ3) is 4.93. The number of anilines is 1. The molecule has 7 nitrogen and oxygen atoms in total. The van der Waals surface area contributed by atoms with Gasteiger partial charge in [0.1, 0.15) is 12.4 Å². The van der Waals surface area contributed by atoms with Crippen LogP contribution in [0, 0.1) is 0 Å². The van der Waals surface area contributed by atoms with E-state index in [0.717, 1.165) is 27.9 Å². The van der Waals surface area contributed by atoms with Crippen LogP contribution in [0.25, 0.3) is 11.0 Å². The highest BCUT2D eigenvalue weighted by Gasteiger charge is 2.19. The maximum absolute atomic E-state index is 13.2. The number of aliphatic imine (C=N–C) groups is 1. The molecule has 1 amide bonds. The molecule has 7 heteroatoms. The van der Waals surface area contributed by atoms with E-state index >= 15 is 0 Å². The Labute approximate surface area is 214 Å². The molecule has 1 atom stereocenters. The number of amides is 1. The minimum Gasteiger partial charge on any atom is -0.492 e. The van der Waals surface area contributed by atoms with E-state index in [1.165, 1.54) is 0 Å². The van der Waals surface area contributed by atoms with E-state index in [9.17, 15) is 9.59 Å². The molecule has 4 aromatic rings. The summed E-state index contributed by atoms with van der Waals surface area (Å²) in [6, 6.07) is 23.1. The number of nitrogens with zero attached hydrogens (tertiary/aromatic N) is 3. The Morgan fingerprint density at radius 3 is 2.73 bits per heavy atom. The monoisotopic (exact) mass is 490 g/mol. The number of carbonyl (C=O) groups excluding carboxylic acids is 2. The van der Waals surface area contributed by atoms with Crippen LogP contribution in [0.5, 0.6) is 5.75 Å². The fraction of sp³-hybridized carbons (Fsp3) is 0.200. The summed E-state index contributed by atoms with van der Waals surface area (Å²) in [7, 11) is 0. The Balaban J connectivity index is 1.40. The van der Waals surface area contributed by atoms with Crippen molar-refractivity contribution in [2.45, 2.75) is 31.8 Å². The number of ether oxygens (including phenoxy) is 1. The topological polar surface area (TPSA) is 85.6 Å². The molecule has 0 radical (unpaired) electrons. The summed E-state index contributed by atoms with van der Waals surface area (Å²) in [5, 5.41) is 3.00. The van der Waals surface area contributed by atoms with Gasteiger partial charge in [-0.25, -0.2) is 4.98 Å². The number of benzene rings is 3. The van der Waals surface area contributed by atoms with Gasteiger partial charge in [-0.05, 0) is 67.0 Å². The zero-order valence-corrected chi connectivity index (χ0v) is 20.3. The molecule has 1 aromatic heterocycles. The van der Waals surface area contributed by atoms with Crippen LogP contribution in [0.1, 0.15) is 34.3 Å². The Bertz CT molecular complexity index is 1570. The van der Waals surface area contributed by atoms with Crippen LogP contribution < -0.4 is 10.1 Å². The zero-order chi connectivity index (χ0) is 25.2. The number of hydrogen-bond acceptors (Lipinski definition) is 5. The van der Waals surface area contributed by atoms with Gasteiger partial charge in [0.05, 0.1) is 29.3 Å². The molecule has 6 rings (SSSR count). The molecule has 2 aliphatic heterocycles. The second-order valence-electron chi connectivity index (χ2n) is 9.32. The highest BCUT2D eigenvalue weighted by atomic mass is 16.5. The van der Waals surface area contributed by atoms with E-state index in [0.29, 0.717) is 49.7 Å². The highest BCUT2D eigenvalue weighted by Crippen LogP contribution is 2.23. The third-order valence-electron chi connectivity index (χ3n) is 6.73. The number of aryl methyl sites for hydroxylation is 1. The van der Waals surface area contributed by atoms with Gasteiger partial charge < -0.3 is 9.30 Å². The van der Waals surface area contributed by atoms with E-state index in [1.807, 2.05) is 71.3 Å². The molecular formula is C30H26N4O3. The Morgan fingerprint density at radius 2 is 1.78 bits per heavy atom. The lowest BCUT2D eigenvalue weighted by atomic mass is 10.0. The van der Waals surface area contributed by atoms with Crippen LogP contribution in [0.15, 0.2) is 89.9 Å². The van der Waals surface area contributed by atoms with Crippen molar-refractivity contribution in [2.24, 2.45) is 4.99 Å². The Hall–Kier alpha value is -4.52. The van der Waals surface area contributed by atoms with Gasteiger partial charge in [-0.15, -0.1) is 0 Å². The smallest absolute Gasteiger partial charge is 0.257 e. The number of imidazole rings is 1. The molecule has 3 heterocycles. The largest absolute Gasteiger partial charge is 0.492 e. The molecule has 37 heavy (non-hydrogen) atoms. The molecular weight excluding hydrogens is 464 g/mol. The van der Waals surface area contributed by atoms with Crippen LogP contribution >= 0.6 is 0 Å². The average molecular weight is 491 g/mol. The van der Waals surface area contributed by atoms with E-state index in [1.54, 1.807) is 18.2 Å². The molecule has 0 spiro atoms. The van der Waals surface area contributed by atoms with Gasteiger partial charge >= 0.3 is 0 Å². The SMILES string of the molecule is O=C1C=CC2=NC(CCc3cccc(c3)C(=O)Nc3nc4ccccc4n3CCOc3cccc2c3)C1. The molecule has 0 aliphatic carbocycles. The van der Waals surface area contributed by atoms with Crippen molar-refractivity contribution in [3.63, 3.8) is 0 Å². The average Bonchev–Trinajstić information content (AvgIpc) is 3.13. The Kier molecular flexibility index (Phi) is 6.10. The van der Waals surface area contributed by atoms with Gasteiger partial charge in [0.2, 0.25) is 5.95 Å². The lowest BCUT2D eigenvalue weighted by Gasteiger charge is -2.14. The molecule has 0 saturated carbocycles. The number of nitrogens with one attached hydrogen (secondary N) is 1. The summed E-state index contributed by atoms with van der Waals surface area (Å²) >= 11 is 0. The van der Waals surface area contributed by atoms with Crippen molar-refractivity contribution in [3.8, 4) is 5.75 Å². The summed E-state index contributed by atoms with van der Waals surface area (Å²) in [6.45, 7) is 0.878. The number of para-hydroxylation sites is 2. The first kappa shape index (κ1) is 22.9. The summed E-state index contributed by atoms with van der Waals surface area (Å²) in [6.07, 6.45) is 5.19. The molecule has 184 valence electrons. The summed E-state index contributed by atoms with van der Waals surface area (Å²) in [5.74, 6) is 1.05. The fourth-order valence-electron chi connectivity index (χ4n) is 4.87. The van der Waals surface area contributed by atoms with Crippen molar-refractivity contribution >= 4 is 34.4 Å². The maximum atomic E-state index is 13.2. The van der Waals surface area contributed by atoms with Crippen molar-refractivity contribution in [2.75, 3.05) is 11.9 Å². The van der Waals surface area contributed by atoms with Crippen molar-refractivity contribution in [1.29, 1.82) is 0 Å². The lowest BCUT2D eigenvalue weighted by molar-refractivity contribution is -0.114. The van der Waals surface area contributed by atoms with Crippen LogP contribution in [0.3, 0.4) is 0 Å². The predicted molar refractivity (Wildman–Crippen MR) is 143 cm³/mol. The second-order valence-corrected chi connectivity index (χ2v) is 9.32. The standard InChI is InChI=1S/C30H26N4O3/c35-24-13-14-26-21-6-4-8-25(18-21)37-16-15-34-28-10-2-1-9-27(28)32-30(34)33-29(36)22-7-3-5-20(17-22)11-12-23(19-24)31-26/h1-10,13-14,17-18,23H,11-12,15-16,19H2,(H,32,33,36). The number of carbonyl (C=O) groups is 2. The predicted octanol–water partition coefficient (Wildman–Crippen LogP) is 5.00. The van der Waals surface area contributed by atoms with Crippen molar-refractivity contribution < 1.29 is 14.3 Å². The number of hydrogen-bond donors (Lipinski definition) is 1. The molecule has 3 aromatic carbocycles. The van der Waals surface area contributed by atoms with Gasteiger partial charge in [0.15, 0.2) is 5.78 Å². The number of allylic oxidation sites excluding steroid dienone is 2. The fourth-order valence-corrected chi connectivity index (χ4v) is 4.87. The van der Waals surface area contributed by atoms with Gasteiger partial charge in [-0.1, -0.05) is 36.4 Å².